The number of amides is 1. The molecular weight excluding hydrogens is 290 g/mol. The maximum atomic E-state index is 12.0. The van der Waals surface area contributed by atoms with Crippen molar-refractivity contribution in [2.75, 3.05) is 20.3 Å². The van der Waals surface area contributed by atoms with Crippen molar-refractivity contribution in [3.05, 3.63) is 28.2 Å². The van der Waals surface area contributed by atoms with Crippen molar-refractivity contribution < 1.29 is 19.5 Å². The lowest BCUT2D eigenvalue weighted by molar-refractivity contribution is -0.0779. The Bertz CT molecular complexity index is 437. The first-order chi connectivity index (χ1) is 8.11. The number of hydroxylamine groups is 2. The van der Waals surface area contributed by atoms with Gasteiger partial charge in [-0.15, -0.1) is 0 Å². The fourth-order valence-corrected chi connectivity index (χ4v) is 2.10. The maximum absolute atomic E-state index is 12.0. The van der Waals surface area contributed by atoms with Gasteiger partial charge in [-0.25, -0.2) is 5.06 Å². The van der Waals surface area contributed by atoms with Crippen LogP contribution in [0.1, 0.15) is 10.4 Å². The zero-order chi connectivity index (χ0) is 12.4. The number of aliphatic hydroxyl groups excluding tert-OH is 1. The highest BCUT2D eigenvalue weighted by atomic mass is 79.9. The highest BCUT2D eigenvalue weighted by molar-refractivity contribution is 9.10. The number of β-amino-alcohol motifs (C(OH)–C–C–N with tert-alkyl or cyclic N) is 1. The average molecular weight is 302 g/mol. The second kappa shape index (κ2) is 5.03. The number of carbonyl (C=O) groups excluding carboxylic acids is 1. The molecule has 1 aliphatic heterocycles. The molecule has 0 aromatic heterocycles. The Balaban J connectivity index is 2.17. The van der Waals surface area contributed by atoms with Crippen LogP contribution in [0.2, 0.25) is 0 Å². The Morgan fingerprint density at radius 1 is 1.65 bits per heavy atom. The zero-order valence-corrected chi connectivity index (χ0v) is 10.8. The summed E-state index contributed by atoms with van der Waals surface area (Å²) in [5.74, 6) is 0.383. The van der Waals surface area contributed by atoms with E-state index in [0.29, 0.717) is 15.8 Å². The van der Waals surface area contributed by atoms with Gasteiger partial charge in [0.1, 0.15) is 18.5 Å². The zero-order valence-electron chi connectivity index (χ0n) is 9.22. The summed E-state index contributed by atoms with van der Waals surface area (Å²) < 4.78 is 5.78. The van der Waals surface area contributed by atoms with E-state index >= 15 is 0 Å². The molecule has 0 aliphatic carbocycles. The largest absolute Gasteiger partial charge is 0.496 e. The topological polar surface area (TPSA) is 59.0 Å². The number of benzene rings is 1. The molecule has 0 bridgehead atoms. The van der Waals surface area contributed by atoms with Crippen molar-refractivity contribution in [2.24, 2.45) is 0 Å². The van der Waals surface area contributed by atoms with Crippen molar-refractivity contribution in [3.63, 3.8) is 0 Å². The lowest BCUT2D eigenvalue weighted by Crippen LogP contribution is -2.28. The maximum Gasteiger partial charge on any atom is 0.277 e. The Morgan fingerprint density at radius 3 is 2.94 bits per heavy atom. The van der Waals surface area contributed by atoms with E-state index in [1.165, 1.54) is 5.06 Å². The van der Waals surface area contributed by atoms with E-state index in [4.69, 9.17) is 9.57 Å². The summed E-state index contributed by atoms with van der Waals surface area (Å²) in [6.45, 7) is 0.353. The first-order valence-electron chi connectivity index (χ1n) is 5.08. The van der Waals surface area contributed by atoms with Crippen molar-refractivity contribution in [1.29, 1.82) is 0 Å². The summed E-state index contributed by atoms with van der Waals surface area (Å²) in [7, 11) is 1.56. The third-order valence-electron chi connectivity index (χ3n) is 2.42. The molecule has 1 fully saturated rings. The minimum Gasteiger partial charge on any atom is -0.496 e. The first kappa shape index (κ1) is 12.3. The van der Waals surface area contributed by atoms with Crippen LogP contribution in [0.25, 0.3) is 0 Å². The molecule has 17 heavy (non-hydrogen) atoms. The van der Waals surface area contributed by atoms with Crippen molar-refractivity contribution in [2.45, 2.75) is 6.10 Å². The van der Waals surface area contributed by atoms with Gasteiger partial charge in [-0.1, -0.05) is 0 Å². The normalized spacial score (nSPS) is 19.5. The van der Waals surface area contributed by atoms with Gasteiger partial charge in [0.15, 0.2) is 0 Å². The van der Waals surface area contributed by atoms with E-state index in [-0.39, 0.29) is 19.1 Å². The number of methoxy groups -OCH3 is 1. The minimum atomic E-state index is -0.611. The summed E-state index contributed by atoms with van der Waals surface area (Å²) in [5.41, 5.74) is 0.478. The number of rotatable bonds is 2. The number of halogens is 1. The number of carbonyl (C=O) groups is 1. The number of aliphatic hydroxyl groups is 1. The first-order valence-corrected chi connectivity index (χ1v) is 5.87. The van der Waals surface area contributed by atoms with Crippen molar-refractivity contribution >= 4 is 21.8 Å². The van der Waals surface area contributed by atoms with Crippen molar-refractivity contribution in [3.8, 4) is 5.75 Å². The summed E-state index contributed by atoms with van der Waals surface area (Å²) in [6.07, 6.45) is -0.611. The fraction of sp³-hybridized carbons (Fsp3) is 0.364. The second-order valence-corrected chi connectivity index (χ2v) is 4.52. The Labute approximate surface area is 107 Å². The minimum absolute atomic E-state index is 0.156. The van der Waals surface area contributed by atoms with E-state index in [1.807, 2.05) is 0 Å². The monoisotopic (exact) mass is 301 g/mol. The number of ether oxygens (including phenoxy) is 1. The van der Waals surface area contributed by atoms with Gasteiger partial charge >= 0.3 is 0 Å². The van der Waals surface area contributed by atoms with Gasteiger partial charge in [-0.2, -0.15) is 0 Å². The van der Waals surface area contributed by atoms with E-state index < -0.39 is 6.10 Å². The van der Waals surface area contributed by atoms with E-state index in [2.05, 4.69) is 15.9 Å². The van der Waals surface area contributed by atoms with Crippen LogP contribution in [0.15, 0.2) is 22.7 Å². The number of hydrogen-bond acceptors (Lipinski definition) is 4. The van der Waals surface area contributed by atoms with Crippen LogP contribution in [0, 0.1) is 0 Å². The molecule has 1 heterocycles. The predicted octanol–water partition coefficient (Wildman–Crippen LogP) is 1.21. The molecule has 1 aromatic rings. The van der Waals surface area contributed by atoms with Crippen LogP contribution in [0.4, 0.5) is 0 Å². The molecule has 2 rings (SSSR count). The van der Waals surface area contributed by atoms with Gasteiger partial charge in [0.05, 0.1) is 18.1 Å². The van der Waals surface area contributed by atoms with Crippen LogP contribution < -0.4 is 4.74 Å². The molecule has 1 unspecified atom stereocenters. The van der Waals surface area contributed by atoms with Crippen LogP contribution in [0.5, 0.6) is 5.75 Å². The van der Waals surface area contributed by atoms with Gasteiger partial charge in [-0.3, -0.25) is 9.63 Å². The Hall–Kier alpha value is -1.11. The lowest BCUT2D eigenvalue weighted by Gasteiger charge is -2.14. The van der Waals surface area contributed by atoms with Crippen molar-refractivity contribution in [1.82, 2.24) is 5.06 Å². The van der Waals surface area contributed by atoms with Crippen LogP contribution in [-0.4, -0.2) is 42.4 Å². The molecule has 1 amide bonds. The Morgan fingerprint density at radius 2 is 2.41 bits per heavy atom. The molecule has 1 aromatic carbocycles. The summed E-state index contributed by atoms with van der Waals surface area (Å²) in [5, 5.41) is 10.4. The smallest absolute Gasteiger partial charge is 0.277 e. The van der Waals surface area contributed by atoms with Crippen LogP contribution in [-0.2, 0) is 4.84 Å². The molecule has 5 nitrogen and oxygen atoms in total. The van der Waals surface area contributed by atoms with Gasteiger partial charge in [0, 0.05) is 5.56 Å². The van der Waals surface area contributed by atoms with Gasteiger partial charge in [0.25, 0.3) is 5.91 Å². The summed E-state index contributed by atoms with van der Waals surface area (Å²) >= 11 is 3.31. The van der Waals surface area contributed by atoms with Gasteiger partial charge in [-0.05, 0) is 34.1 Å². The molecule has 1 aliphatic rings. The highest BCUT2D eigenvalue weighted by Crippen LogP contribution is 2.26. The molecule has 92 valence electrons. The number of nitrogens with zero attached hydrogens (tertiary/aromatic N) is 1. The summed E-state index contributed by atoms with van der Waals surface area (Å²) in [6, 6.07) is 5.01. The lowest BCUT2D eigenvalue weighted by atomic mass is 10.2. The molecular formula is C11H12BrNO4. The van der Waals surface area contributed by atoms with Crippen LogP contribution in [0.3, 0.4) is 0 Å². The molecule has 1 atom stereocenters. The second-order valence-electron chi connectivity index (χ2n) is 3.67. The number of hydrogen-bond donors (Lipinski definition) is 1. The molecule has 1 N–H and O–H groups in total. The molecule has 6 heteroatoms. The molecule has 0 spiro atoms. The third kappa shape index (κ3) is 2.59. The van der Waals surface area contributed by atoms with Gasteiger partial charge in [0.2, 0.25) is 0 Å². The van der Waals surface area contributed by atoms with E-state index in [1.54, 1.807) is 25.3 Å². The average Bonchev–Trinajstić information content (AvgIpc) is 2.75. The molecule has 0 saturated carbocycles. The highest BCUT2D eigenvalue weighted by Gasteiger charge is 2.27. The molecule has 1 saturated heterocycles. The van der Waals surface area contributed by atoms with Gasteiger partial charge < -0.3 is 9.84 Å². The SMILES string of the molecule is COc1ccc(C(=O)N2CC(O)CO2)cc1Br. The predicted molar refractivity (Wildman–Crippen MR) is 63.7 cm³/mol. The fourth-order valence-electron chi connectivity index (χ4n) is 1.56. The van der Waals surface area contributed by atoms with E-state index in [0.717, 1.165) is 0 Å². The van der Waals surface area contributed by atoms with E-state index in [9.17, 15) is 9.90 Å². The third-order valence-corrected chi connectivity index (χ3v) is 3.04. The molecule has 0 radical (unpaired) electrons. The Kier molecular flexibility index (Phi) is 3.66. The summed E-state index contributed by atoms with van der Waals surface area (Å²) in [4.78, 5) is 17.0. The standard InChI is InChI=1S/C11H12BrNO4/c1-16-10-3-2-7(4-9(10)12)11(15)13-5-8(14)6-17-13/h2-4,8,14H,5-6H2,1H3. The quantitative estimate of drug-likeness (QED) is 0.892. The van der Waals surface area contributed by atoms with Crippen LogP contribution >= 0.6 is 15.9 Å².